The first-order valence-electron chi connectivity index (χ1n) is 5.94. The number of anilines is 2. The van der Waals surface area contributed by atoms with Crippen LogP contribution in [-0.2, 0) is 0 Å². The molecule has 1 aliphatic rings. The molecule has 1 aromatic carbocycles. The summed E-state index contributed by atoms with van der Waals surface area (Å²) < 4.78 is 0. The van der Waals surface area contributed by atoms with Gasteiger partial charge in [-0.1, -0.05) is 6.07 Å². The monoisotopic (exact) mass is 219 g/mol. The second-order valence-electron chi connectivity index (χ2n) is 4.80. The van der Waals surface area contributed by atoms with Crippen molar-refractivity contribution in [3.63, 3.8) is 0 Å². The van der Waals surface area contributed by atoms with Gasteiger partial charge in [0.15, 0.2) is 0 Å². The Morgan fingerprint density at radius 2 is 2.19 bits per heavy atom. The van der Waals surface area contributed by atoms with Crippen molar-refractivity contribution in [2.75, 3.05) is 37.8 Å². The lowest BCUT2D eigenvalue weighted by atomic mass is 10.0. The molecule has 1 fully saturated rings. The van der Waals surface area contributed by atoms with E-state index in [0.29, 0.717) is 6.04 Å². The highest BCUT2D eigenvalue weighted by atomic mass is 15.2. The van der Waals surface area contributed by atoms with Crippen molar-refractivity contribution in [3.05, 3.63) is 24.3 Å². The predicted molar refractivity (Wildman–Crippen MR) is 69.8 cm³/mol. The van der Waals surface area contributed by atoms with Gasteiger partial charge >= 0.3 is 0 Å². The Morgan fingerprint density at radius 3 is 2.88 bits per heavy atom. The largest absolute Gasteiger partial charge is 0.399 e. The summed E-state index contributed by atoms with van der Waals surface area (Å²) in [5.41, 5.74) is 7.93. The van der Waals surface area contributed by atoms with E-state index in [-0.39, 0.29) is 0 Å². The summed E-state index contributed by atoms with van der Waals surface area (Å²) in [7, 11) is 4.32. The van der Waals surface area contributed by atoms with Crippen LogP contribution in [0.4, 0.5) is 11.4 Å². The molecule has 1 saturated heterocycles. The van der Waals surface area contributed by atoms with Crippen LogP contribution < -0.4 is 10.6 Å². The van der Waals surface area contributed by atoms with E-state index in [0.717, 1.165) is 18.8 Å². The third kappa shape index (κ3) is 2.47. The SMILES string of the molecule is CN(C)C1CCCN(c2cccc(N)c2)C1. The summed E-state index contributed by atoms with van der Waals surface area (Å²) in [6, 6.07) is 8.85. The van der Waals surface area contributed by atoms with Crippen molar-refractivity contribution in [1.29, 1.82) is 0 Å². The van der Waals surface area contributed by atoms with Gasteiger partial charge in [-0.3, -0.25) is 0 Å². The summed E-state index contributed by atoms with van der Waals surface area (Å²) in [6.07, 6.45) is 2.56. The number of nitrogen functional groups attached to an aromatic ring is 1. The third-order valence-electron chi connectivity index (χ3n) is 3.36. The average Bonchev–Trinajstić information content (AvgIpc) is 2.29. The first kappa shape index (κ1) is 11.3. The van der Waals surface area contributed by atoms with E-state index in [1.807, 2.05) is 12.1 Å². The molecule has 1 unspecified atom stereocenters. The number of piperidine rings is 1. The molecule has 3 nitrogen and oxygen atoms in total. The fraction of sp³-hybridized carbons (Fsp3) is 0.538. The molecule has 0 aromatic heterocycles. The highest BCUT2D eigenvalue weighted by Gasteiger charge is 2.21. The first-order valence-corrected chi connectivity index (χ1v) is 5.94. The zero-order valence-electron chi connectivity index (χ0n) is 10.2. The number of hydrogen-bond acceptors (Lipinski definition) is 3. The zero-order chi connectivity index (χ0) is 11.5. The van der Waals surface area contributed by atoms with Gasteiger partial charge in [0, 0.05) is 30.5 Å². The Morgan fingerprint density at radius 1 is 1.38 bits per heavy atom. The lowest BCUT2D eigenvalue weighted by Crippen LogP contribution is -2.45. The lowest BCUT2D eigenvalue weighted by molar-refractivity contribution is 0.258. The van der Waals surface area contributed by atoms with Crippen molar-refractivity contribution < 1.29 is 0 Å². The Kier molecular flexibility index (Phi) is 3.34. The zero-order valence-corrected chi connectivity index (χ0v) is 10.2. The lowest BCUT2D eigenvalue weighted by Gasteiger charge is -2.37. The number of nitrogens with zero attached hydrogens (tertiary/aromatic N) is 2. The van der Waals surface area contributed by atoms with E-state index < -0.39 is 0 Å². The maximum Gasteiger partial charge on any atom is 0.0387 e. The molecule has 1 aromatic rings. The van der Waals surface area contributed by atoms with Crippen LogP contribution >= 0.6 is 0 Å². The fourth-order valence-corrected chi connectivity index (χ4v) is 2.33. The topological polar surface area (TPSA) is 32.5 Å². The van der Waals surface area contributed by atoms with Crippen LogP contribution in [0.3, 0.4) is 0 Å². The Balaban J connectivity index is 2.09. The minimum absolute atomic E-state index is 0.662. The maximum atomic E-state index is 5.82. The predicted octanol–water partition coefficient (Wildman–Crippen LogP) is 1.80. The molecule has 1 atom stereocenters. The standard InChI is InChI=1S/C13H21N3/c1-15(2)13-7-4-8-16(10-13)12-6-3-5-11(14)9-12/h3,5-6,9,13H,4,7-8,10,14H2,1-2H3. The van der Waals surface area contributed by atoms with Gasteiger partial charge in [0.2, 0.25) is 0 Å². The van der Waals surface area contributed by atoms with Gasteiger partial charge in [-0.2, -0.15) is 0 Å². The molecule has 0 amide bonds. The van der Waals surface area contributed by atoms with Crippen LogP contribution in [0.1, 0.15) is 12.8 Å². The van der Waals surface area contributed by atoms with Gasteiger partial charge in [-0.25, -0.2) is 0 Å². The maximum absolute atomic E-state index is 5.82. The normalized spacial score (nSPS) is 21.4. The van der Waals surface area contributed by atoms with E-state index >= 15 is 0 Å². The average molecular weight is 219 g/mol. The molecule has 2 rings (SSSR count). The summed E-state index contributed by atoms with van der Waals surface area (Å²) in [5.74, 6) is 0. The summed E-state index contributed by atoms with van der Waals surface area (Å²) in [4.78, 5) is 4.75. The third-order valence-corrected chi connectivity index (χ3v) is 3.36. The Labute approximate surface area is 97.8 Å². The van der Waals surface area contributed by atoms with E-state index in [1.165, 1.54) is 18.5 Å². The van der Waals surface area contributed by atoms with Crippen LogP contribution in [0.5, 0.6) is 0 Å². The number of benzene rings is 1. The summed E-state index contributed by atoms with van der Waals surface area (Å²) in [6.45, 7) is 2.25. The van der Waals surface area contributed by atoms with Crippen molar-refractivity contribution in [2.45, 2.75) is 18.9 Å². The van der Waals surface area contributed by atoms with E-state index in [9.17, 15) is 0 Å². The van der Waals surface area contributed by atoms with Crippen molar-refractivity contribution in [3.8, 4) is 0 Å². The van der Waals surface area contributed by atoms with E-state index in [1.54, 1.807) is 0 Å². The molecule has 0 radical (unpaired) electrons. The molecule has 0 saturated carbocycles. The Hall–Kier alpha value is -1.22. The van der Waals surface area contributed by atoms with E-state index in [4.69, 9.17) is 5.73 Å². The number of rotatable bonds is 2. The van der Waals surface area contributed by atoms with Crippen LogP contribution in [0, 0.1) is 0 Å². The highest BCUT2D eigenvalue weighted by molar-refractivity contribution is 5.56. The van der Waals surface area contributed by atoms with Crippen molar-refractivity contribution in [1.82, 2.24) is 4.90 Å². The van der Waals surface area contributed by atoms with Crippen molar-refractivity contribution >= 4 is 11.4 Å². The van der Waals surface area contributed by atoms with Gasteiger partial charge in [0.25, 0.3) is 0 Å². The van der Waals surface area contributed by atoms with Crippen LogP contribution in [-0.4, -0.2) is 38.1 Å². The molecule has 0 spiro atoms. The molecule has 88 valence electrons. The van der Waals surface area contributed by atoms with Crippen LogP contribution in [0.2, 0.25) is 0 Å². The molecule has 1 heterocycles. The second-order valence-corrected chi connectivity index (χ2v) is 4.80. The highest BCUT2D eigenvalue weighted by Crippen LogP contribution is 2.23. The minimum atomic E-state index is 0.662. The Bertz CT molecular complexity index is 349. The van der Waals surface area contributed by atoms with Gasteiger partial charge in [0.1, 0.15) is 0 Å². The number of hydrogen-bond donors (Lipinski definition) is 1. The van der Waals surface area contributed by atoms with Gasteiger partial charge in [-0.15, -0.1) is 0 Å². The smallest absolute Gasteiger partial charge is 0.0387 e. The van der Waals surface area contributed by atoms with Crippen molar-refractivity contribution in [2.24, 2.45) is 0 Å². The molecule has 0 bridgehead atoms. The molecule has 2 N–H and O–H groups in total. The molecular weight excluding hydrogens is 198 g/mol. The number of likely N-dealkylation sites (N-methyl/N-ethyl adjacent to an activating group) is 1. The molecule has 16 heavy (non-hydrogen) atoms. The molecular formula is C13H21N3. The molecule has 3 heteroatoms. The van der Waals surface area contributed by atoms with Crippen LogP contribution in [0.15, 0.2) is 24.3 Å². The summed E-state index contributed by atoms with van der Waals surface area (Å²) in [5, 5.41) is 0. The number of nitrogens with two attached hydrogens (primary N) is 1. The van der Waals surface area contributed by atoms with Crippen LogP contribution in [0.25, 0.3) is 0 Å². The van der Waals surface area contributed by atoms with Gasteiger partial charge in [-0.05, 0) is 45.1 Å². The first-order chi connectivity index (χ1) is 7.66. The van der Waals surface area contributed by atoms with Gasteiger partial charge < -0.3 is 15.5 Å². The summed E-state index contributed by atoms with van der Waals surface area (Å²) >= 11 is 0. The minimum Gasteiger partial charge on any atom is -0.399 e. The quantitative estimate of drug-likeness (QED) is 0.770. The molecule has 1 aliphatic heterocycles. The second kappa shape index (κ2) is 4.74. The fourth-order valence-electron chi connectivity index (χ4n) is 2.33. The molecule has 0 aliphatic carbocycles. The van der Waals surface area contributed by atoms with Gasteiger partial charge in [0.05, 0.1) is 0 Å². The van der Waals surface area contributed by atoms with E-state index in [2.05, 4.69) is 36.0 Å².